The number of hydrogen-bond donors (Lipinski definition) is 0. The lowest BCUT2D eigenvalue weighted by atomic mass is 9.83. The Morgan fingerprint density at radius 2 is 2.07 bits per heavy atom. The van der Waals surface area contributed by atoms with Crippen LogP contribution in [-0.4, -0.2) is 27.8 Å². The minimum Gasteiger partial charge on any atom is -0.495 e. The standard InChI is InChI=1S/C10H7B2NO/c1-14-10-8(12)5-7(11)6-3-2-4-13-9(6)10/h2-5H,1H3. The van der Waals surface area contributed by atoms with Crippen molar-refractivity contribution in [1.29, 1.82) is 0 Å². The van der Waals surface area contributed by atoms with E-state index in [1.807, 2.05) is 12.1 Å². The number of fused-ring (bicyclic) bond motifs is 1. The maximum atomic E-state index is 5.81. The zero-order chi connectivity index (χ0) is 10.1. The summed E-state index contributed by atoms with van der Waals surface area (Å²) >= 11 is 0. The van der Waals surface area contributed by atoms with Crippen LogP contribution in [-0.2, 0) is 0 Å². The van der Waals surface area contributed by atoms with Crippen molar-refractivity contribution in [3.05, 3.63) is 24.4 Å². The molecular formula is C10H7B2NO. The lowest BCUT2D eigenvalue weighted by Gasteiger charge is -2.10. The third-order valence-corrected chi connectivity index (χ3v) is 2.11. The van der Waals surface area contributed by atoms with Crippen LogP contribution in [0, 0.1) is 0 Å². The zero-order valence-corrected chi connectivity index (χ0v) is 7.82. The lowest BCUT2D eigenvalue weighted by molar-refractivity contribution is 0.422. The van der Waals surface area contributed by atoms with Crippen molar-refractivity contribution >= 4 is 37.5 Å². The van der Waals surface area contributed by atoms with Crippen LogP contribution >= 0.6 is 0 Å². The van der Waals surface area contributed by atoms with E-state index in [0.717, 1.165) is 5.39 Å². The maximum Gasteiger partial charge on any atom is 0.137 e. The molecule has 0 unspecified atom stereocenters. The molecule has 0 saturated carbocycles. The molecule has 2 nitrogen and oxygen atoms in total. The molecule has 0 aliphatic heterocycles. The number of ether oxygens (including phenoxy) is 1. The first kappa shape index (κ1) is 9.13. The fourth-order valence-corrected chi connectivity index (χ4v) is 1.48. The van der Waals surface area contributed by atoms with Crippen molar-refractivity contribution in [2.24, 2.45) is 0 Å². The fourth-order valence-electron chi connectivity index (χ4n) is 1.48. The van der Waals surface area contributed by atoms with Crippen LogP contribution in [0.4, 0.5) is 0 Å². The fraction of sp³-hybridized carbons (Fsp3) is 0.100. The van der Waals surface area contributed by atoms with Gasteiger partial charge in [0.15, 0.2) is 0 Å². The van der Waals surface area contributed by atoms with Crippen LogP contribution in [0.3, 0.4) is 0 Å². The van der Waals surface area contributed by atoms with Gasteiger partial charge in [-0.2, -0.15) is 0 Å². The van der Waals surface area contributed by atoms with E-state index in [9.17, 15) is 0 Å². The number of benzene rings is 1. The van der Waals surface area contributed by atoms with Crippen molar-refractivity contribution in [3.63, 3.8) is 0 Å². The third-order valence-electron chi connectivity index (χ3n) is 2.11. The molecule has 4 heteroatoms. The number of aromatic nitrogens is 1. The predicted octanol–water partition coefficient (Wildman–Crippen LogP) is -0.169. The maximum absolute atomic E-state index is 5.81. The molecule has 0 fully saturated rings. The second-order valence-corrected chi connectivity index (χ2v) is 2.99. The summed E-state index contributed by atoms with van der Waals surface area (Å²) in [7, 11) is 13.1. The van der Waals surface area contributed by atoms with E-state index in [0.29, 0.717) is 22.2 Å². The first-order valence-electron chi connectivity index (χ1n) is 4.20. The van der Waals surface area contributed by atoms with Crippen molar-refractivity contribution in [1.82, 2.24) is 4.98 Å². The Hall–Kier alpha value is -1.44. The Morgan fingerprint density at radius 1 is 1.29 bits per heavy atom. The van der Waals surface area contributed by atoms with Gasteiger partial charge >= 0.3 is 0 Å². The predicted molar refractivity (Wildman–Crippen MR) is 59.1 cm³/mol. The molecule has 0 amide bonds. The molecule has 4 radical (unpaired) electrons. The van der Waals surface area contributed by atoms with Gasteiger partial charge in [0.05, 0.1) is 7.11 Å². The Labute approximate surface area is 85.1 Å². The first-order chi connectivity index (χ1) is 6.74. The first-order valence-corrected chi connectivity index (χ1v) is 4.20. The van der Waals surface area contributed by atoms with E-state index in [1.54, 1.807) is 19.4 Å². The normalized spacial score (nSPS) is 10.4. The van der Waals surface area contributed by atoms with Crippen LogP contribution < -0.4 is 15.7 Å². The molecule has 0 bridgehead atoms. The summed E-state index contributed by atoms with van der Waals surface area (Å²) in [6.07, 6.45) is 1.68. The van der Waals surface area contributed by atoms with Crippen molar-refractivity contribution in [2.75, 3.05) is 7.11 Å². The summed E-state index contributed by atoms with van der Waals surface area (Å²) in [5.74, 6) is 0.579. The van der Waals surface area contributed by atoms with E-state index in [4.69, 9.17) is 20.4 Å². The lowest BCUT2D eigenvalue weighted by Crippen LogP contribution is -2.17. The minimum atomic E-state index is 0.510. The topological polar surface area (TPSA) is 22.1 Å². The Kier molecular flexibility index (Phi) is 2.20. The van der Waals surface area contributed by atoms with Crippen LogP contribution in [0.1, 0.15) is 0 Å². The van der Waals surface area contributed by atoms with Crippen molar-refractivity contribution in [3.8, 4) is 5.75 Å². The van der Waals surface area contributed by atoms with Gasteiger partial charge in [-0.3, -0.25) is 4.98 Å². The Morgan fingerprint density at radius 3 is 2.79 bits per heavy atom. The molecule has 1 heterocycles. The third kappa shape index (κ3) is 1.27. The monoisotopic (exact) mass is 179 g/mol. The van der Waals surface area contributed by atoms with Gasteiger partial charge in [-0.15, -0.1) is 0 Å². The van der Waals surface area contributed by atoms with Gasteiger partial charge in [0.25, 0.3) is 0 Å². The van der Waals surface area contributed by atoms with Gasteiger partial charge in [-0.1, -0.05) is 23.1 Å². The molecule has 0 saturated heterocycles. The van der Waals surface area contributed by atoms with Gasteiger partial charge in [0, 0.05) is 6.20 Å². The van der Waals surface area contributed by atoms with Crippen LogP contribution in [0.25, 0.3) is 10.9 Å². The zero-order valence-electron chi connectivity index (χ0n) is 7.82. The molecule has 0 atom stereocenters. The summed E-state index contributed by atoms with van der Waals surface area (Å²) in [6, 6.07) is 5.40. The Balaban J connectivity index is 2.90. The molecule has 0 aliphatic carbocycles. The van der Waals surface area contributed by atoms with E-state index in [2.05, 4.69) is 4.98 Å². The molecule has 14 heavy (non-hydrogen) atoms. The second-order valence-electron chi connectivity index (χ2n) is 2.99. The van der Waals surface area contributed by atoms with Gasteiger partial charge in [0.2, 0.25) is 0 Å². The average molecular weight is 179 g/mol. The van der Waals surface area contributed by atoms with E-state index in [-0.39, 0.29) is 0 Å². The van der Waals surface area contributed by atoms with Crippen molar-refractivity contribution < 1.29 is 4.74 Å². The largest absolute Gasteiger partial charge is 0.495 e. The highest BCUT2D eigenvalue weighted by Gasteiger charge is 2.07. The highest BCUT2D eigenvalue weighted by atomic mass is 16.5. The summed E-state index contributed by atoms with van der Waals surface area (Å²) in [5.41, 5.74) is 1.83. The van der Waals surface area contributed by atoms with Gasteiger partial charge in [0.1, 0.15) is 27.0 Å². The highest BCUT2D eigenvalue weighted by molar-refractivity contribution is 6.44. The van der Waals surface area contributed by atoms with E-state index in [1.165, 1.54) is 0 Å². The molecule has 1 aromatic carbocycles. The molecule has 0 N–H and O–H groups in total. The number of nitrogens with zero attached hydrogens (tertiary/aromatic N) is 1. The molecule has 0 spiro atoms. The highest BCUT2D eigenvalue weighted by Crippen LogP contribution is 2.18. The molecule has 2 rings (SSSR count). The smallest absolute Gasteiger partial charge is 0.137 e. The molecule has 2 aromatic rings. The number of hydrogen-bond acceptors (Lipinski definition) is 2. The summed E-state index contributed by atoms with van der Waals surface area (Å²) in [5, 5.41) is 0.860. The summed E-state index contributed by atoms with van der Waals surface area (Å²) in [4.78, 5) is 4.19. The average Bonchev–Trinajstić information content (AvgIpc) is 2.18. The second kappa shape index (κ2) is 3.37. The molecule has 1 aromatic heterocycles. The quantitative estimate of drug-likeness (QED) is 0.566. The number of methoxy groups -OCH3 is 1. The van der Waals surface area contributed by atoms with Gasteiger partial charge in [-0.05, 0) is 11.5 Å². The van der Waals surface area contributed by atoms with E-state index >= 15 is 0 Å². The van der Waals surface area contributed by atoms with Gasteiger partial charge in [-0.25, -0.2) is 0 Å². The number of rotatable bonds is 1. The SMILES string of the molecule is [B]c1cc([B])c2cccnc2c1OC. The van der Waals surface area contributed by atoms with Crippen LogP contribution in [0.2, 0.25) is 0 Å². The summed E-state index contributed by atoms with van der Waals surface area (Å²) < 4.78 is 5.17. The molecular weight excluding hydrogens is 172 g/mol. The summed E-state index contributed by atoms with van der Waals surface area (Å²) in [6.45, 7) is 0. The van der Waals surface area contributed by atoms with E-state index < -0.39 is 0 Å². The molecule has 64 valence electrons. The minimum absolute atomic E-state index is 0.510. The Bertz CT molecular complexity index is 485. The van der Waals surface area contributed by atoms with Crippen LogP contribution in [0.5, 0.6) is 5.75 Å². The number of pyridine rings is 1. The van der Waals surface area contributed by atoms with Crippen LogP contribution in [0.15, 0.2) is 24.4 Å². The van der Waals surface area contributed by atoms with Gasteiger partial charge < -0.3 is 4.74 Å². The molecule has 0 aliphatic rings. The van der Waals surface area contributed by atoms with Crippen molar-refractivity contribution in [2.45, 2.75) is 0 Å².